The van der Waals surface area contributed by atoms with Crippen molar-refractivity contribution >= 4 is 148 Å². The number of aromatic amines is 4. The Morgan fingerprint density at radius 2 is 0.719 bits per heavy atom. The predicted octanol–water partition coefficient (Wildman–Crippen LogP) is 16.4. The van der Waals surface area contributed by atoms with Crippen molar-refractivity contribution in [1.29, 1.82) is 0 Å². The van der Waals surface area contributed by atoms with Gasteiger partial charge in [-0.05, 0) is 162 Å². The molecule has 19 rings (SSSR count). The summed E-state index contributed by atoms with van der Waals surface area (Å²) in [4.78, 5) is 116. The zero-order valence-electron chi connectivity index (χ0n) is 63.6. The molecule has 17 aromatic rings. The molecule has 0 saturated heterocycles. The largest absolute Gasteiger partial charge is 0.360 e. The van der Waals surface area contributed by atoms with Gasteiger partial charge in [0, 0.05) is 46.6 Å². The van der Waals surface area contributed by atoms with E-state index in [1.807, 2.05) is 165 Å². The van der Waals surface area contributed by atoms with Crippen LogP contribution in [0.4, 0.5) is 23.3 Å². The minimum atomic E-state index is -0.248. The first-order valence-electron chi connectivity index (χ1n) is 37.5. The number of fused-ring (bicyclic) bond motifs is 8. The minimum absolute atomic E-state index is 0. The van der Waals surface area contributed by atoms with E-state index in [0.717, 1.165) is 114 Å². The summed E-state index contributed by atoms with van der Waals surface area (Å²) in [6.07, 6.45) is 18.8. The highest BCUT2D eigenvalue weighted by molar-refractivity contribution is 7.59. The molecule has 0 amide bonds. The molecule has 2 aliphatic carbocycles. The van der Waals surface area contributed by atoms with E-state index in [1.165, 1.54) is 38.2 Å². The molecular formula is C83H82Cl2N24O4S. The summed E-state index contributed by atoms with van der Waals surface area (Å²) in [5, 5.41) is 20.9. The van der Waals surface area contributed by atoms with Gasteiger partial charge in [0.05, 0.1) is 81.1 Å². The van der Waals surface area contributed by atoms with Crippen LogP contribution in [0.5, 0.6) is 0 Å². The third kappa shape index (κ3) is 14.9. The summed E-state index contributed by atoms with van der Waals surface area (Å²) in [5.41, 5.74) is 11.7. The van der Waals surface area contributed by atoms with Crippen molar-refractivity contribution in [2.45, 2.75) is 136 Å². The average molecular weight is 1580 g/mol. The molecule has 2 unspecified atom stereocenters. The van der Waals surface area contributed by atoms with Gasteiger partial charge in [-0.1, -0.05) is 115 Å². The van der Waals surface area contributed by atoms with E-state index in [0.29, 0.717) is 72.2 Å². The van der Waals surface area contributed by atoms with Crippen molar-refractivity contribution in [3.8, 4) is 5.69 Å². The lowest BCUT2D eigenvalue weighted by atomic mass is 10.0. The molecular weight excluding hydrogens is 1500 g/mol. The Hall–Kier alpha value is -12.7. The number of nitrogens with zero attached hydrogens (tertiary/aromatic N) is 16. The molecule has 12 aromatic heterocycles. The van der Waals surface area contributed by atoms with Crippen LogP contribution in [-0.2, 0) is 0 Å². The first-order valence-corrected chi connectivity index (χ1v) is 38.3. The lowest BCUT2D eigenvalue weighted by Gasteiger charge is -2.25. The number of para-hydroxylation sites is 1. The number of H-pyrrole nitrogens is 4. The first kappa shape index (κ1) is 76.6. The number of benzene rings is 5. The second kappa shape index (κ2) is 32.5. The molecule has 28 nitrogen and oxygen atoms in total. The van der Waals surface area contributed by atoms with E-state index in [9.17, 15) is 19.2 Å². The first-order chi connectivity index (χ1) is 54.9. The molecule has 0 spiro atoms. The lowest BCUT2D eigenvalue weighted by molar-refractivity contribution is 0.478. The Bertz CT molecular complexity index is 6520. The highest BCUT2D eigenvalue weighted by atomic mass is 35.5. The Labute approximate surface area is 668 Å². The topological polar surface area (TPSA) is 354 Å². The molecule has 0 radical (unpaired) electrons. The minimum Gasteiger partial charge on any atom is -0.360 e. The summed E-state index contributed by atoms with van der Waals surface area (Å²) >= 11 is 12.7. The smallest absolute Gasteiger partial charge is 0.264 e. The van der Waals surface area contributed by atoms with E-state index >= 15 is 0 Å². The fourth-order valence-electron chi connectivity index (χ4n) is 15.4. The molecule has 2 aliphatic rings. The van der Waals surface area contributed by atoms with Crippen molar-refractivity contribution in [3.63, 3.8) is 0 Å². The molecule has 31 heteroatoms. The maximum atomic E-state index is 13.6. The zero-order valence-corrected chi connectivity index (χ0v) is 66.1. The van der Waals surface area contributed by atoms with Gasteiger partial charge in [0.1, 0.15) is 47.4 Å². The summed E-state index contributed by atoms with van der Waals surface area (Å²) in [5.74, 6) is 2.63. The predicted molar refractivity (Wildman–Crippen MR) is 455 cm³/mol. The van der Waals surface area contributed by atoms with Crippen LogP contribution in [0.2, 0.25) is 10.0 Å². The monoisotopic (exact) mass is 1580 g/mol. The van der Waals surface area contributed by atoms with Crippen LogP contribution in [0.3, 0.4) is 0 Å². The van der Waals surface area contributed by atoms with Gasteiger partial charge in [-0.3, -0.25) is 23.7 Å². The Balaban J connectivity index is 0.000000120. The van der Waals surface area contributed by atoms with Crippen LogP contribution >= 0.6 is 36.7 Å². The third-order valence-corrected chi connectivity index (χ3v) is 21.6. The summed E-state index contributed by atoms with van der Waals surface area (Å²) < 4.78 is 7.47. The standard InChI is InChI=1S/C22H17ClN6O.C22H24N6O.C20H22N6O.C19H17ClN6O.H2S/c1-13(28-21-19-20(25-11-24-19)26-12-27-21)17-10-14-6-5-9-16(23)18(14)22(30)29(17)15-7-3-2-4-8-15;1-13-6-5-7-15-10-17(28(22(29)18(13)15)16-8-3-4-9-16)14(2)27-21-19-20(24-11-23-19)25-12-26-21;1-11(2)26-15(8-14-7-5-6-12(3)16(14)20(26)27)13(4)25-19-17-18(22-9-21-17)23-10-24-19;1-10(25-18-16-17(22-8-21-16)23-9-24-18)14-7-11-3-2-4-13(20)15(11)19(27)26(14)12-5-6-12;/h2-13H,1H3,(H2,24,25,26,27,28);5-7,10-12,14,16H,3-4,8-9H2,1-2H3,(H2,23,24,25,26,27);5-11,13H,1-4H3,(H2,21,22,23,24,25);2-4,7-10,12H,5-6H2,1H3,(H2,21,22,23,24,25);1H2/t;;13-;10-;/m..00./s1. The highest BCUT2D eigenvalue weighted by Gasteiger charge is 2.31. The van der Waals surface area contributed by atoms with Crippen LogP contribution in [-0.4, -0.2) is 98.0 Å². The number of pyridine rings is 4. The fourth-order valence-corrected chi connectivity index (χ4v) is 15.9. The number of halogens is 2. The van der Waals surface area contributed by atoms with Gasteiger partial charge in [0.25, 0.3) is 22.2 Å². The number of aromatic nitrogens is 20. The third-order valence-electron chi connectivity index (χ3n) is 20.9. The maximum Gasteiger partial charge on any atom is 0.264 e. The van der Waals surface area contributed by atoms with Gasteiger partial charge < -0.3 is 54.9 Å². The van der Waals surface area contributed by atoms with Crippen molar-refractivity contribution in [3.05, 3.63) is 263 Å². The van der Waals surface area contributed by atoms with E-state index in [1.54, 1.807) is 42.0 Å². The fraction of sp³-hybridized carbons (Fsp3) is 0.253. The Morgan fingerprint density at radius 3 is 1.13 bits per heavy atom. The van der Waals surface area contributed by atoms with Crippen LogP contribution < -0.4 is 43.5 Å². The lowest BCUT2D eigenvalue weighted by Crippen LogP contribution is -2.30. The second-order valence-corrected chi connectivity index (χ2v) is 29.6. The number of rotatable bonds is 16. The van der Waals surface area contributed by atoms with Crippen molar-refractivity contribution in [2.24, 2.45) is 0 Å². The van der Waals surface area contributed by atoms with Gasteiger partial charge in [-0.25, -0.2) is 59.8 Å². The van der Waals surface area contributed by atoms with E-state index < -0.39 is 0 Å². The second-order valence-electron chi connectivity index (χ2n) is 28.8. The van der Waals surface area contributed by atoms with Crippen LogP contribution in [0.1, 0.15) is 156 Å². The molecule has 12 heterocycles. The van der Waals surface area contributed by atoms with Gasteiger partial charge in [0.2, 0.25) is 0 Å². The van der Waals surface area contributed by atoms with E-state index in [-0.39, 0.29) is 78.0 Å². The van der Waals surface area contributed by atoms with Gasteiger partial charge in [-0.2, -0.15) is 13.5 Å². The zero-order chi connectivity index (χ0) is 78.3. The summed E-state index contributed by atoms with van der Waals surface area (Å²) in [6, 6.07) is 40.7. The quantitative estimate of drug-likeness (QED) is 0.0445. The molecule has 5 aromatic carbocycles. The molecule has 8 N–H and O–H groups in total. The number of hydrogen-bond donors (Lipinski definition) is 8. The Morgan fingerprint density at radius 1 is 0.377 bits per heavy atom. The van der Waals surface area contributed by atoms with Crippen LogP contribution in [0, 0.1) is 13.8 Å². The van der Waals surface area contributed by atoms with Crippen molar-refractivity contribution in [2.75, 3.05) is 21.3 Å². The summed E-state index contributed by atoms with van der Waals surface area (Å²) in [7, 11) is 0. The van der Waals surface area contributed by atoms with Crippen LogP contribution in [0.15, 0.2) is 197 Å². The van der Waals surface area contributed by atoms with Crippen molar-refractivity contribution in [1.82, 2.24) is 98.0 Å². The van der Waals surface area contributed by atoms with E-state index in [4.69, 9.17) is 23.2 Å². The number of hydrogen-bond acceptors (Lipinski definition) is 20. The number of nitrogens with one attached hydrogen (secondary N) is 8. The van der Waals surface area contributed by atoms with Crippen molar-refractivity contribution < 1.29 is 0 Å². The molecule has 0 aliphatic heterocycles. The highest BCUT2D eigenvalue weighted by Crippen LogP contribution is 2.39. The molecule has 114 heavy (non-hydrogen) atoms. The normalized spacial score (nSPS) is 14.0. The molecule has 4 atom stereocenters. The Kier molecular flexibility index (Phi) is 21.9. The van der Waals surface area contributed by atoms with Gasteiger partial charge in [-0.15, -0.1) is 0 Å². The molecule has 578 valence electrons. The average Bonchev–Trinajstić information content (AvgIpc) is 1.78. The molecule has 0 bridgehead atoms. The summed E-state index contributed by atoms with van der Waals surface area (Å²) in [6.45, 7) is 16.2. The number of anilines is 4. The van der Waals surface area contributed by atoms with Gasteiger partial charge in [0.15, 0.2) is 45.9 Å². The number of aryl methyl sites for hydroxylation is 2. The van der Waals surface area contributed by atoms with E-state index in [2.05, 4.69) is 120 Å². The van der Waals surface area contributed by atoms with Gasteiger partial charge >= 0.3 is 0 Å². The van der Waals surface area contributed by atoms with Crippen LogP contribution in [0.25, 0.3) is 93.4 Å². The SMILES string of the molecule is CC(Nc1ncnc2nc[nH]c12)c1cc2cccc(Cl)c2c(=O)n1-c1ccccc1.C[C@H](Nc1ncnc2nc[nH]c12)c1cc2cccc(Cl)c2c(=O)n1C1CC1.Cc1cccc2cc(C(C)Nc3ncnc4nc[nH]c34)n(C3CCCC3)c(=O)c12.Cc1cccc2cc([C@H](C)Nc3ncnc4nc[nH]c34)n(C(C)C)c(=O)c12.S. The molecule has 2 saturated carbocycles. The number of imidazole rings is 4. The molecule has 2 fully saturated rings. The maximum absolute atomic E-state index is 13.6.